The quantitative estimate of drug-likeness (QED) is 0.900. The lowest BCUT2D eigenvalue weighted by atomic mass is 9.96. The number of benzene rings is 1. The monoisotopic (exact) mass is 242 g/mol. The summed E-state index contributed by atoms with van der Waals surface area (Å²) in [4.78, 5) is 4.14. The molecule has 3 heteroatoms. The van der Waals surface area contributed by atoms with Crippen molar-refractivity contribution in [3.8, 4) is 5.75 Å². The molecule has 1 unspecified atom stereocenters. The van der Waals surface area contributed by atoms with Gasteiger partial charge in [0.25, 0.3) is 0 Å². The number of pyridine rings is 1. The molecule has 3 nitrogen and oxygen atoms in total. The highest BCUT2D eigenvalue weighted by atomic mass is 16.5. The minimum absolute atomic E-state index is 0.173. The Kier molecular flexibility index (Phi) is 3.63. The molecule has 2 N–H and O–H groups in total. The first-order chi connectivity index (χ1) is 8.63. The van der Waals surface area contributed by atoms with Crippen molar-refractivity contribution in [2.45, 2.75) is 19.9 Å². The second-order valence-corrected chi connectivity index (χ2v) is 4.44. The van der Waals surface area contributed by atoms with Crippen LogP contribution in [0.2, 0.25) is 0 Å². The molecule has 0 spiro atoms. The minimum Gasteiger partial charge on any atom is -0.496 e. The largest absolute Gasteiger partial charge is 0.496 e. The van der Waals surface area contributed by atoms with E-state index in [2.05, 4.69) is 4.98 Å². The van der Waals surface area contributed by atoms with Gasteiger partial charge < -0.3 is 10.5 Å². The van der Waals surface area contributed by atoms with Crippen LogP contribution in [-0.4, -0.2) is 12.1 Å². The molecule has 0 bridgehead atoms. The van der Waals surface area contributed by atoms with Gasteiger partial charge in [-0.2, -0.15) is 0 Å². The zero-order valence-electron chi connectivity index (χ0n) is 11.0. The zero-order chi connectivity index (χ0) is 13.1. The van der Waals surface area contributed by atoms with Gasteiger partial charge in [0.2, 0.25) is 0 Å². The van der Waals surface area contributed by atoms with E-state index in [1.54, 1.807) is 13.3 Å². The van der Waals surface area contributed by atoms with Crippen molar-refractivity contribution >= 4 is 0 Å². The topological polar surface area (TPSA) is 48.1 Å². The third-order valence-electron chi connectivity index (χ3n) is 3.21. The molecule has 1 aromatic carbocycles. The maximum Gasteiger partial charge on any atom is 0.122 e. The Labute approximate surface area is 108 Å². The van der Waals surface area contributed by atoms with Crippen molar-refractivity contribution in [2.24, 2.45) is 5.73 Å². The van der Waals surface area contributed by atoms with Crippen molar-refractivity contribution in [2.75, 3.05) is 7.11 Å². The molecule has 18 heavy (non-hydrogen) atoms. The summed E-state index contributed by atoms with van der Waals surface area (Å²) in [5, 5.41) is 0. The smallest absolute Gasteiger partial charge is 0.122 e. The van der Waals surface area contributed by atoms with Crippen LogP contribution in [0.1, 0.15) is 28.3 Å². The van der Waals surface area contributed by atoms with Gasteiger partial charge in [-0.3, -0.25) is 4.98 Å². The first-order valence-corrected chi connectivity index (χ1v) is 5.94. The van der Waals surface area contributed by atoms with Crippen LogP contribution in [-0.2, 0) is 0 Å². The standard InChI is InChI=1S/C15H18N2O/c1-10-6-7-17-9-13(10)15(16)12-5-4-11(2)14(8-12)18-3/h4-9,15H,16H2,1-3H3. The van der Waals surface area contributed by atoms with Gasteiger partial charge >= 0.3 is 0 Å². The highest BCUT2D eigenvalue weighted by molar-refractivity contribution is 5.42. The zero-order valence-corrected chi connectivity index (χ0v) is 11.0. The Bertz CT molecular complexity index is 552. The van der Waals surface area contributed by atoms with E-state index in [1.165, 1.54) is 0 Å². The maximum absolute atomic E-state index is 6.30. The maximum atomic E-state index is 6.30. The highest BCUT2D eigenvalue weighted by Crippen LogP contribution is 2.26. The van der Waals surface area contributed by atoms with Gasteiger partial charge in [-0.15, -0.1) is 0 Å². The number of hydrogen-bond acceptors (Lipinski definition) is 3. The second kappa shape index (κ2) is 5.19. The van der Waals surface area contributed by atoms with E-state index in [0.29, 0.717) is 0 Å². The van der Waals surface area contributed by atoms with Crippen molar-refractivity contribution in [1.29, 1.82) is 0 Å². The first kappa shape index (κ1) is 12.6. The van der Waals surface area contributed by atoms with Crippen LogP contribution in [0, 0.1) is 13.8 Å². The molecule has 1 atom stereocenters. The van der Waals surface area contributed by atoms with E-state index in [0.717, 1.165) is 28.0 Å². The number of rotatable bonds is 3. The number of hydrogen-bond donors (Lipinski definition) is 1. The highest BCUT2D eigenvalue weighted by Gasteiger charge is 2.13. The third kappa shape index (κ3) is 2.36. The van der Waals surface area contributed by atoms with Crippen LogP contribution in [0.4, 0.5) is 0 Å². The van der Waals surface area contributed by atoms with E-state index in [1.807, 2.05) is 44.3 Å². The van der Waals surface area contributed by atoms with Crippen LogP contribution in [0.5, 0.6) is 5.75 Å². The fourth-order valence-electron chi connectivity index (χ4n) is 2.01. The second-order valence-electron chi connectivity index (χ2n) is 4.44. The molecule has 0 aliphatic rings. The van der Waals surface area contributed by atoms with Gasteiger partial charge in [0, 0.05) is 12.4 Å². The average Bonchev–Trinajstić information content (AvgIpc) is 2.39. The van der Waals surface area contributed by atoms with Crippen molar-refractivity contribution in [1.82, 2.24) is 4.98 Å². The molecule has 1 heterocycles. The summed E-state index contributed by atoms with van der Waals surface area (Å²) in [6.45, 7) is 4.06. The summed E-state index contributed by atoms with van der Waals surface area (Å²) >= 11 is 0. The summed E-state index contributed by atoms with van der Waals surface area (Å²) < 4.78 is 5.33. The molecule has 0 aliphatic heterocycles. The molecule has 0 radical (unpaired) electrons. The van der Waals surface area contributed by atoms with E-state index < -0.39 is 0 Å². The van der Waals surface area contributed by atoms with Gasteiger partial charge in [0.1, 0.15) is 5.75 Å². The number of methoxy groups -OCH3 is 1. The lowest BCUT2D eigenvalue weighted by Gasteiger charge is -2.16. The Hall–Kier alpha value is -1.87. The molecule has 0 saturated heterocycles. The van der Waals surface area contributed by atoms with Gasteiger partial charge in [-0.25, -0.2) is 0 Å². The van der Waals surface area contributed by atoms with E-state index >= 15 is 0 Å². The fourth-order valence-corrected chi connectivity index (χ4v) is 2.01. The number of nitrogens with zero attached hydrogens (tertiary/aromatic N) is 1. The van der Waals surface area contributed by atoms with Gasteiger partial charge in [0.05, 0.1) is 13.2 Å². The molecule has 0 saturated carbocycles. The Balaban J connectivity index is 2.40. The van der Waals surface area contributed by atoms with Gasteiger partial charge in [-0.1, -0.05) is 12.1 Å². The normalized spacial score (nSPS) is 12.2. The van der Waals surface area contributed by atoms with E-state index in [-0.39, 0.29) is 6.04 Å². The fraction of sp³-hybridized carbons (Fsp3) is 0.267. The Morgan fingerprint density at radius 1 is 1.17 bits per heavy atom. The predicted molar refractivity (Wildman–Crippen MR) is 72.7 cm³/mol. The molecular formula is C15H18N2O. The van der Waals surface area contributed by atoms with Crippen LogP contribution in [0.25, 0.3) is 0 Å². The van der Waals surface area contributed by atoms with Crippen LogP contribution in [0.15, 0.2) is 36.7 Å². The summed E-state index contributed by atoms with van der Waals surface area (Å²) in [6.07, 6.45) is 3.60. The number of aryl methyl sites for hydroxylation is 2. The Morgan fingerprint density at radius 3 is 2.61 bits per heavy atom. The van der Waals surface area contributed by atoms with E-state index in [9.17, 15) is 0 Å². The van der Waals surface area contributed by atoms with Gasteiger partial charge in [0.15, 0.2) is 0 Å². The number of nitrogens with two attached hydrogens (primary N) is 1. The van der Waals surface area contributed by atoms with Crippen molar-refractivity contribution in [3.63, 3.8) is 0 Å². The third-order valence-corrected chi connectivity index (χ3v) is 3.21. The first-order valence-electron chi connectivity index (χ1n) is 5.94. The number of aromatic nitrogens is 1. The molecule has 0 fully saturated rings. The number of ether oxygens (including phenoxy) is 1. The predicted octanol–water partition coefficient (Wildman–Crippen LogP) is 2.76. The lowest BCUT2D eigenvalue weighted by Crippen LogP contribution is -2.13. The molecule has 2 aromatic rings. The van der Waals surface area contributed by atoms with Crippen molar-refractivity contribution < 1.29 is 4.74 Å². The summed E-state index contributed by atoms with van der Waals surface area (Å²) in [7, 11) is 1.67. The van der Waals surface area contributed by atoms with Gasteiger partial charge in [-0.05, 0) is 48.2 Å². The molecule has 1 aromatic heterocycles. The SMILES string of the molecule is COc1cc(C(N)c2cnccc2C)ccc1C. The Morgan fingerprint density at radius 2 is 1.94 bits per heavy atom. The summed E-state index contributed by atoms with van der Waals surface area (Å²) in [5.41, 5.74) is 10.6. The van der Waals surface area contributed by atoms with E-state index in [4.69, 9.17) is 10.5 Å². The minimum atomic E-state index is -0.173. The molecule has 0 aliphatic carbocycles. The average molecular weight is 242 g/mol. The lowest BCUT2D eigenvalue weighted by molar-refractivity contribution is 0.411. The van der Waals surface area contributed by atoms with Crippen LogP contribution in [0.3, 0.4) is 0 Å². The summed E-state index contributed by atoms with van der Waals surface area (Å²) in [5.74, 6) is 0.865. The molecular weight excluding hydrogens is 224 g/mol. The summed E-state index contributed by atoms with van der Waals surface area (Å²) in [6, 6.07) is 7.86. The van der Waals surface area contributed by atoms with Crippen molar-refractivity contribution in [3.05, 3.63) is 58.9 Å². The van der Waals surface area contributed by atoms with Crippen LogP contribution >= 0.6 is 0 Å². The molecule has 0 amide bonds. The molecule has 2 rings (SSSR count). The molecule has 94 valence electrons. The van der Waals surface area contributed by atoms with Crippen LogP contribution < -0.4 is 10.5 Å².